The van der Waals surface area contributed by atoms with Gasteiger partial charge in [-0.1, -0.05) is 17.7 Å². The first kappa shape index (κ1) is 21.1. The molecule has 4 nitrogen and oxygen atoms in total. The van der Waals surface area contributed by atoms with Crippen LogP contribution in [-0.4, -0.2) is 44.7 Å². The third-order valence-corrected chi connectivity index (χ3v) is 3.46. The van der Waals surface area contributed by atoms with Crippen molar-refractivity contribution in [2.45, 2.75) is 19.4 Å². The number of benzene rings is 1. The lowest BCUT2D eigenvalue weighted by molar-refractivity contribution is -0.132. The molecule has 7 heteroatoms. The fraction of sp³-hybridized carbons (Fsp3) is 0.533. The van der Waals surface area contributed by atoms with Crippen LogP contribution in [0.1, 0.15) is 18.4 Å². The summed E-state index contributed by atoms with van der Waals surface area (Å²) in [7, 11) is 3.44. The molecule has 0 fully saturated rings. The highest BCUT2D eigenvalue weighted by Gasteiger charge is 2.15. The van der Waals surface area contributed by atoms with Crippen LogP contribution in [0.2, 0.25) is 5.02 Å². The van der Waals surface area contributed by atoms with Crippen LogP contribution >= 0.6 is 24.0 Å². The van der Waals surface area contributed by atoms with Crippen LogP contribution in [0.5, 0.6) is 0 Å². The maximum absolute atomic E-state index is 13.1. The number of amides is 1. The van der Waals surface area contributed by atoms with Crippen molar-refractivity contribution in [1.29, 1.82) is 0 Å². The Bertz CT molecular complexity index is 461. The van der Waals surface area contributed by atoms with Crippen molar-refractivity contribution in [3.05, 3.63) is 34.6 Å². The molecule has 1 amide bonds. The molecular formula is C15H23Cl2FN2O2. The number of hydrogen-bond acceptors (Lipinski definition) is 3. The van der Waals surface area contributed by atoms with E-state index in [0.717, 1.165) is 18.5 Å². The Hall–Kier alpha value is -0.880. The number of carbonyl (C=O) groups excluding carboxylic acids is 1. The highest BCUT2D eigenvalue weighted by Crippen LogP contribution is 2.19. The summed E-state index contributed by atoms with van der Waals surface area (Å²) in [5.74, 6) is -0.338. The van der Waals surface area contributed by atoms with Gasteiger partial charge >= 0.3 is 0 Å². The van der Waals surface area contributed by atoms with Gasteiger partial charge in [-0.05, 0) is 37.7 Å². The minimum absolute atomic E-state index is 0. The fourth-order valence-electron chi connectivity index (χ4n) is 1.92. The van der Waals surface area contributed by atoms with E-state index in [9.17, 15) is 9.18 Å². The molecule has 0 aromatic heterocycles. The minimum atomic E-state index is -0.382. The summed E-state index contributed by atoms with van der Waals surface area (Å²) in [5.41, 5.74) is 0.733. The third-order valence-electron chi connectivity index (χ3n) is 3.11. The van der Waals surface area contributed by atoms with Gasteiger partial charge < -0.3 is 15.0 Å². The van der Waals surface area contributed by atoms with Crippen LogP contribution in [-0.2, 0) is 16.1 Å². The first-order valence-corrected chi connectivity index (χ1v) is 7.31. The summed E-state index contributed by atoms with van der Waals surface area (Å²) >= 11 is 6.02. The van der Waals surface area contributed by atoms with Crippen LogP contribution in [0, 0.1) is 5.82 Å². The van der Waals surface area contributed by atoms with Gasteiger partial charge in [0.1, 0.15) is 5.82 Å². The molecule has 0 bridgehead atoms. The van der Waals surface area contributed by atoms with E-state index in [1.165, 1.54) is 12.1 Å². The van der Waals surface area contributed by atoms with Crippen molar-refractivity contribution in [3.63, 3.8) is 0 Å². The molecule has 0 aliphatic heterocycles. The Balaban J connectivity index is 0.00000441. The molecule has 0 unspecified atom stereocenters. The Labute approximate surface area is 142 Å². The van der Waals surface area contributed by atoms with E-state index < -0.39 is 0 Å². The average Bonchev–Trinajstić information content (AvgIpc) is 2.45. The number of rotatable bonds is 9. The predicted octanol–water partition coefficient (Wildman–Crippen LogP) is 2.88. The quantitative estimate of drug-likeness (QED) is 0.694. The van der Waals surface area contributed by atoms with Crippen LogP contribution in [0.15, 0.2) is 18.2 Å². The van der Waals surface area contributed by atoms with E-state index >= 15 is 0 Å². The molecule has 0 saturated carbocycles. The first-order valence-electron chi connectivity index (χ1n) is 6.93. The highest BCUT2D eigenvalue weighted by atomic mass is 35.5. The summed E-state index contributed by atoms with van der Waals surface area (Å²) in [4.78, 5) is 13.9. The molecule has 0 spiro atoms. The fourth-order valence-corrected chi connectivity index (χ4v) is 2.15. The lowest BCUT2D eigenvalue weighted by Gasteiger charge is -2.23. The maximum atomic E-state index is 13.1. The summed E-state index contributed by atoms with van der Waals surface area (Å²) in [5, 5.41) is 3.35. The number of methoxy groups -OCH3 is 1. The Morgan fingerprint density at radius 2 is 2.18 bits per heavy atom. The molecule has 0 saturated heterocycles. The number of carbonyl (C=O) groups is 1. The van der Waals surface area contributed by atoms with Crippen LogP contribution in [0.3, 0.4) is 0 Å². The van der Waals surface area contributed by atoms with Gasteiger partial charge in [0.15, 0.2) is 0 Å². The minimum Gasteiger partial charge on any atom is -0.383 e. The summed E-state index contributed by atoms with van der Waals surface area (Å²) < 4.78 is 18.1. The van der Waals surface area contributed by atoms with Crippen molar-refractivity contribution in [2.75, 3.05) is 33.9 Å². The van der Waals surface area contributed by atoms with E-state index in [0.29, 0.717) is 31.1 Å². The predicted molar refractivity (Wildman–Crippen MR) is 89.1 cm³/mol. The molecule has 22 heavy (non-hydrogen) atoms. The summed E-state index contributed by atoms with van der Waals surface area (Å²) in [6.45, 7) is 2.10. The van der Waals surface area contributed by atoms with Crippen molar-refractivity contribution >= 4 is 29.9 Å². The first-order chi connectivity index (χ1) is 10.1. The van der Waals surface area contributed by atoms with E-state index in [1.807, 2.05) is 7.05 Å². The van der Waals surface area contributed by atoms with Crippen molar-refractivity contribution in [2.24, 2.45) is 0 Å². The molecule has 0 heterocycles. The zero-order valence-corrected chi connectivity index (χ0v) is 14.5. The Kier molecular flexibility index (Phi) is 11.2. The maximum Gasteiger partial charge on any atom is 0.222 e. The van der Waals surface area contributed by atoms with Gasteiger partial charge in [-0.3, -0.25) is 4.79 Å². The van der Waals surface area contributed by atoms with E-state index in [2.05, 4.69) is 5.32 Å². The molecule has 1 aromatic rings. The SMILES string of the molecule is CNCCCC(=O)N(CCOC)Cc1ccc(F)cc1Cl.Cl. The number of nitrogens with one attached hydrogen (secondary N) is 1. The topological polar surface area (TPSA) is 41.6 Å². The Morgan fingerprint density at radius 1 is 1.45 bits per heavy atom. The smallest absolute Gasteiger partial charge is 0.222 e. The van der Waals surface area contributed by atoms with Gasteiger partial charge in [0, 0.05) is 31.6 Å². The van der Waals surface area contributed by atoms with E-state index in [4.69, 9.17) is 16.3 Å². The largest absolute Gasteiger partial charge is 0.383 e. The van der Waals surface area contributed by atoms with E-state index in [1.54, 1.807) is 18.1 Å². The molecule has 126 valence electrons. The lowest BCUT2D eigenvalue weighted by Crippen LogP contribution is -2.33. The molecule has 0 aliphatic carbocycles. The molecule has 0 radical (unpaired) electrons. The van der Waals surface area contributed by atoms with Crippen molar-refractivity contribution in [1.82, 2.24) is 10.2 Å². The molecular weight excluding hydrogens is 330 g/mol. The average molecular weight is 353 g/mol. The second kappa shape index (κ2) is 11.7. The van der Waals surface area contributed by atoms with Gasteiger partial charge in [-0.2, -0.15) is 0 Å². The molecule has 1 aromatic carbocycles. The molecule has 1 N–H and O–H groups in total. The molecule has 1 rings (SSSR count). The van der Waals surface area contributed by atoms with Crippen molar-refractivity contribution in [3.8, 4) is 0 Å². The number of nitrogens with zero attached hydrogens (tertiary/aromatic N) is 1. The molecule has 0 aliphatic rings. The summed E-state index contributed by atoms with van der Waals surface area (Å²) in [6.07, 6.45) is 1.24. The van der Waals surface area contributed by atoms with E-state index in [-0.39, 0.29) is 24.1 Å². The molecule has 0 atom stereocenters. The third kappa shape index (κ3) is 7.40. The van der Waals surface area contributed by atoms with Gasteiger partial charge in [0.05, 0.1) is 6.61 Å². The highest BCUT2D eigenvalue weighted by molar-refractivity contribution is 6.31. The summed E-state index contributed by atoms with van der Waals surface area (Å²) in [6, 6.07) is 4.22. The van der Waals surface area contributed by atoms with Crippen LogP contribution in [0.4, 0.5) is 4.39 Å². The number of hydrogen-bond donors (Lipinski definition) is 1. The van der Waals surface area contributed by atoms with Gasteiger partial charge in [0.2, 0.25) is 5.91 Å². The number of ether oxygens (including phenoxy) is 1. The Morgan fingerprint density at radius 3 is 2.77 bits per heavy atom. The van der Waals surface area contributed by atoms with Crippen molar-refractivity contribution < 1.29 is 13.9 Å². The standard InChI is InChI=1S/C15H22ClFN2O2.ClH/c1-18-7-3-4-15(20)19(8-9-21-2)11-12-5-6-13(17)10-14(12)16;/h5-6,10,18H,3-4,7-9,11H2,1-2H3;1H. The van der Waals surface area contributed by atoms with Gasteiger partial charge in [0.25, 0.3) is 0 Å². The van der Waals surface area contributed by atoms with Gasteiger partial charge in [-0.25, -0.2) is 4.39 Å². The zero-order chi connectivity index (χ0) is 15.7. The van der Waals surface area contributed by atoms with Crippen LogP contribution < -0.4 is 5.32 Å². The zero-order valence-electron chi connectivity index (χ0n) is 12.9. The second-order valence-electron chi connectivity index (χ2n) is 4.75. The lowest BCUT2D eigenvalue weighted by atomic mass is 10.2. The number of halogens is 3. The van der Waals surface area contributed by atoms with Crippen LogP contribution in [0.25, 0.3) is 0 Å². The normalized spacial score (nSPS) is 10.2. The second-order valence-corrected chi connectivity index (χ2v) is 5.16. The van der Waals surface area contributed by atoms with Gasteiger partial charge in [-0.15, -0.1) is 12.4 Å². The monoisotopic (exact) mass is 352 g/mol.